The molecule has 46 valence electrons. The van der Waals surface area contributed by atoms with Gasteiger partial charge in [0, 0.05) is 6.04 Å². The third-order valence-electron chi connectivity index (χ3n) is 0.495. The summed E-state index contributed by atoms with van der Waals surface area (Å²) in [5.74, 6) is 0. The van der Waals surface area contributed by atoms with Crippen molar-refractivity contribution in [2.24, 2.45) is 9.98 Å². The van der Waals surface area contributed by atoms with Gasteiger partial charge in [-0.05, 0) is 20.6 Å². The van der Waals surface area contributed by atoms with E-state index < -0.39 is 6.09 Å². The molecular formula is C5H9FN2. The number of rotatable bonds is 1. The topological polar surface area (TPSA) is 24.7 Å². The molecule has 0 aromatic heterocycles. The summed E-state index contributed by atoms with van der Waals surface area (Å²) in [6.45, 7) is 6.50. The maximum absolute atomic E-state index is 11.9. The van der Waals surface area contributed by atoms with Crippen LogP contribution in [0, 0.1) is 0 Å². The van der Waals surface area contributed by atoms with E-state index in [1.807, 2.05) is 0 Å². The first-order chi connectivity index (χ1) is 3.66. The van der Waals surface area contributed by atoms with E-state index in [-0.39, 0.29) is 6.04 Å². The maximum atomic E-state index is 11.9. The number of hydrogen-bond acceptors (Lipinski definition) is 1. The summed E-state index contributed by atoms with van der Waals surface area (Å²) in [5, 5.41) is 0. The molecule has 0 aliphatic carbocycles. The first-order valence-corrected chi connectivity index (χ1v) is 2.37. The van der Waals surface area contributed by atoms with E-state index in [1.165, 1.54) is 0 Å². The number of hydrogen-bond donors (Lipinski definition) is 0. The summed E-state index contributed by atoms with van der Waals surface area (Å²) in [6.07, 6.45) is -0.736. The first kappa shape index (κ1) is 7.27. The van der Waals surface area contributed by atoms with Gasteiger partial charge in [-0.15, -0.1) is 0 Å². The highest BCUT2D eigenvalue weighted by molar-refractivity contribution is 5.77. The number of amidine groups is 1. The molecule has 2 nitrogen and oxygen atoms in total. The van der Waals surface area contributed by atoms with Crippen molar-refractivity contribution in [3.05, 3.63) is 0 Å². The predicted molar refractivity (Wildman–Crippen MR) is 33.2 cm³/mol. The van der Waals surface area contributed by atoms with Crippen molar-refractivity contribution in [1.82, 2.24) is 0 Å². The van der Waals surface area contributed by atoms with Gasteiger partial charge in [-0.1, -0.05) is 0 Å². The van der Waals surface area contributed by atoms with Crippen LogP contribution >= 0.6 is 0 Å². The predicted octanol–water partition coefficient (Wildman–Crippen LogP) is 1.42. The average molecular weight is 116 g/mol. The van der Waals surface area contributed by atoms with Crippen LogP contribution in [0.25, 0.3) is 0 Å². The van der Waals surface area contributed by atoms with E-state index in [2.05, 4.69) is 16.7 Å². The van der Waals surface area contributed by atoms with E-state index in [4.69, 9.17) is 0 Å². The van der Waals surface area contributed by atoms with Crippen molar-refractivity contribution in [2.75, 3.05) is 0 Å². The first-order valence-electron chi connectivity index (χ1n) is 2.37. The Balaban J connectivity index is 3.74. The molecule has 0 atom stereocenters. The zero-order valence-corrected chi connectivity index (χ0v) is 5.06. The van der Waals surface area contributed by atoms with E-state index in [9.17, 15) is 4.39 Å². The van der Waals surface area contributed by atoms with Gasteiger partial charge in [0.1, 0.15) is 0 Å². The van der Waals surface area contributed by atoms with E-state index >= 15 is 0 Å². The number of aliphatic imine (C=N–C) groups is 2. The van der Waals surface area contributed by atoms with Gasteiger partial charge in [-0.3, -0.25) is 0 Å². The molecule has 0 saturated heterocycles. The summed E-state index contributed by atoms with van der Waals surface area (Å²) in [4.78, 5) is 6.38. The summed E-state index contributed by atoms with van der Waals surface area (Å²) < 4.78 is 11.9. The second kappa shape index (κ2) is 3.29. The standard InChI is InChI=1S/C5H9FN2/c1-4(2)8-5(6)7-3/h4H,3H2,1-2H3. The Morgan fingerprint density at radius 3 is 2.25 bits per heavy atom. The lowest BCUT2D eigenvalue weighted by atomic mass is 10.4. The Bertz CT molecular complexity index is 107. The molecule has 0 aliphatic rings. The summed E-state index contributed by atoms with van der Waals surface area (Å²) in [5.41, 5.74) is 0. The Hall–Kier alpha value is -0.730. The van der Waals surface area contributed by atoms with Crippen molar-refractivity contribution < 1.29 is 4.39 Å². The number of halogens is 1. The van der Waals surface area contributed by atoms with Crippen LogP contribution in [0.3, 0.4) is 0 Å². The van der Waals surface area contributed by atoms with Gasteiger partial charge >= 0.3 is 6.09 Å². The van der Waals surface area contributed by atoms with Gasteiger partial charge in [0.05, 0.1) is 0 Å². The molecular weight excluding hydrogens is 107 g/mol. The second-order valence-corrected chi connectivity index (χ2v) is 1.65. The van der Waals surface area contributed by atoms with Crippen molar-refractivity contribution in [2.45, 2.75) is 19.9 Å². The zero-order chi connectivity index (χ0) is 6.57. The highest BCUT2D eigenvalue weighted by Gasteiger charge is 1.90. The minimum atomic E-state index is -0.736. The molecule has 0 rings (SSSR count). The Labute approximate surface area is 48.2 Å². The molecule has 0 spiro atoms. The second-order valence-electron chi connectivity index (χ2n) is 1.65. The van der Waals surface area contributed by atoms with Crippen LogP contribution in [0.4, 0.5) is 4.39 Å². The molecule has 0 fully saturated rings. The van der Waals surface area contributed by atoms with Crippen LogP contribution in [-0.2, 0) is 0 Å². The lowest BCUT2D eigenvalue weighted by Crippen LogP contribution is -1.92. The summed E-state index contributed by atoms with van der Waals surface area (Å²) >= 11 is 0. The molecule has 3 heteroatoms. The SMILES string of the molecule is C=NC(F)=NC(C)C. The minimum absolute atomic E-state index is 0.0412. The maximum Gasteiger partial charge on any atom is 0.303 e. The monoisotopic (exact) mass is 116 g/mol. The van der Waals surface area contributed by atoms with Crippen LogP contribution in [0.1, 0.15) is 13.8 Å². The molecule has 0 saturated carbocycles. The van der Waals surface area contributed by atoms with E-state index in [0.717, 1.165) is 0 Å². The molecule has 0 radical (unpaired) electrons. The molecule has 0 heterocycles. The van der Waals surface area contributed by atoms with Crippen LogP contribution in [-0.4, -0.2) is 18.8 Å². The van der Waals surface area contributed by atoms with Gasteiger partial charge < -0.3 is 0 Å². The van der Waals surface area contributed by atoms with Gasteiger partial charge in [0.25, 0.3) is 0 Å². The van der Waals surface area contributed by atoms with Crippen LogP contribution in [0.5, 0.6) is 0 Å². The molecule has 0 aromatic rings. The van der Waals surface area contributed by atoms with Crippen molar-refractivity contribution >= 4 is 12.8 Å². The highest BCUT2D eigenvalue weighted by atomic mass is 19.1. The normalized spacial score (nSPS) is 12.2. The lowest BCUT2D eigenvalue weighted by molar-refractivity contribution is 0.738. The average Bonchev–Trinajstić information content (AvgIpc) is 1.65. The van der Waals surface area contributed by atoms with Gasteiger partial charge in [-0.2, -0.15) is 4.39 Å². The molecule has 0 aliphatic heterocycles. The molecule has 0 unspecified atom stereocenters. The van der Waals surface area contributed by atoms with Crippen molar-refractivity contribution in [3.8, 4) is 0 Å². The fourth-order valence-electron chi connectivity index (χ4n) is 0.254. The highest BCUT2D eigenvalue weighted by Crippen LogP contribution is 1.89. The largest absolute Gasteiger partial charge is 0.303 e. The lowest BCUT2D eigenvalue weighted by Gasteiger charge is -1.91. The zero-order valence-electron chi connectivity index (χ0n) is 5.06. The van der Waals surface area contributed by atoms with Crippen LogP contribution in [0.2, 0.25) is 0 Å². The Morgan fingerprint density at radius 2 is 2.12 bits per heavy atom. The third-order valence-corrected chi connectivity index (χ3v) is 0.495. The van der Waals surface area contributed by atoms with Gasteiger partial charge in [0.15, 0.2) is 0 Å². The van der Waals surface area contributed by atoms with E-state index in [1.54, 1.807) is 13.8 Å². The summed E-state index contributed by atoms with van der Waals surface area (Å²) in [7, 11) is 0. The molecule has 0 aromatic carbocycles. The molecule has 8 heavy (non-hydrogen) atoms. The third kappa shape index (κ3) is 3.46. The fraction of sp³-hybridized carbons (Fsp3) is 0.600. The van der Waals surface area contributed by atoms with Crippen LogP contribution < -0.4 is 0 Å². The smallest absolute Gasteiger partial charge is 0.238 e. The molecule has 0 N–H and O–H groups in total. The summed E-state index contributed by atoms with van der Waals surface area (Å²) in [6, 6.07) is -0.0412. The fourth-order valence-corrected chi connectivity index (χ4v) is 0.254. The Kier molecular flexibility index (Phi) is 2.99. The molecule has 0 bridgehead atoms. The van der Waals surface area contributed by atoms with E-state index in [0.29, 0.717) is 0 Å². The van der Waals surface area contributed by atoms with Gasteiger partial charge in [-0.25, -0.2) is 9.98 Å². The van der Waals surface area contributed by atoms with Crippen molar-refractivity contribution in [1.29, 1.82) is 0 Å². The van der Waals surface area contributed by atoms with Crippen LogP contribution in [0.15, 0.2) is 9.98 Å². The quantitative estimate of drug-likeness (QED) is 0.281. The Morgan fingerprint density at radius 1 is 1.62 bits per heavy atom. The van der Waals surface area contributed by atoms with Crippen molar-refractivity contribution in [3.63, 3.8) is 0 Å². The number of nitrogens with zero attached hydrogens (tertiary/aromatic N) is 2. The minimum Gasteiger partial charge on any atom is -0.238 e. The molecule has 0 amide bonds. The van der Waals surface area contributed by atoms with Gasteiger partial charge in [0.2, 0.25) is 0 Å².